The summed E-state index contributed by atoms with van der Waals surface area (Å²) in [7, 11) is -0.538. The Morgan fingerprint density at radius 1 is 0.393 bits per heavy atom. The molecule has 2 radical (unpaired) electrons. The summed E-state index contributed by atoms with van der Waals surface area (Å²) in [6.07, 6.45) is 39.5. The van der Waals surface area contributed by atoms with E-state index in [0.717, 1.165) is 58.5 Å². The van der Waals surface area contributed by atoms with Gasteiger partial charge in [0.1, 0.15) is 0 Å². The Labute approximate surface area is 529 Å². The van der Waals surface area contributed by atoms with E-state index in [-0.39, 0.29) is 71.4 Å². The van der Waals surface area contributed by atoms with E-state index in [1.54, 1.807) is 22.3 Å². The molecule has 2 aromatic carbocycles. The number of carboxylic acid groups (broad SMARTS) is 2. The van der Waals surface area contributed by atoms with Gasteiger partial charge in [0, 0.05) is 103 Å². The number of fused-ring (bicyclic) bond motifs is 2. The summed E-state index contributed by atoms with van der Waals surface area (Å²) in [5.74, 6) is -5.51. The predicted molar refractivity (Wildman–Crippen MR) is 324 cm³/mol. The molecule has 12 rings (SSSR count). The van der Waals surface area contributed by atoms with Gasteiger partial charge in [-0.3, -0.25) is 9.34 Å². The minimum absolute atomic E-state index is 0. The molecule has 2 atom stereocenters. The molecule has 0 bridgehead atoms. The number of carbonyl (C=O) groups is 2. The molecule has 2 aliphatic heterocycles. The van der Waals surface area contributed by atoms with Gasteiger partial charge >= 0.3 is 24.3 Å². The van der Waals surface area contributed by atoms with Crippen molar-refractivity contribution >= 4 is 44.4 Å². The number of benzene rings is 2. The molecule has 20 heteroatoms. The van der Waals surface area contributed by atoms with E-state index >= 15 is 0 Å². The number of hydrogen-bond donors (Lipinski definition) is 2. The average Bonchev–Trinajstić information content (AvgIpc) is 2.81. The Balaban J connectivity index is 0.000000193. The van der Waals surface area contributed by atoms with E-state index in [9.17, 15) is 26.3 Å². The first kappa shape index (κ1) is 71.2. The third kappa shape index (κ3) is 19.9. The summed E-state index contributed by atoms with van der Waals surface area (Å²) in [4.78, 5) is 17.8. The van der Waals surface area contributed by atoms with Crippen LogP contribution in [0.2, 0.25) is 0 Å². The number of carboxylic acids is 2. The van der Waals surface area contributed by atoms with Gasteiger partial charge in [-0.1, -0.05) is 151 Å². The van der Waals surface area contributed by atoms with Crippen LogP contribution < -0.4 is 0 Å². The number of aliphatic carboxylic acids is 2. The zero-order valence-electron chi connectivity index (χ0n) is 49.4. The molecule has 8 saturated carbocycles. The molecule has 0 aromatic heterocycles. The molecule has 8 nitrogen and oxygen atoms in total. The number of rotatable bonds is 16. The van der Waals surface area contributed by atoms with Gasteiger partial charge in [-0.15, -0.1) is 0 Å². The van der Waals surface area contributed by atoms with Crippen LogP contribution in [0.25, 0.3) is 0 Å². The number of hydrogen-bond acceptors (Lipinski definition) is 6. The number of alkyl halides is 6. The van der Waals surface area contributed by atoms with Gasteiger partial charge < -0.3 is 19.3 Å². The van der Waals surface area contributed by atoms with Crippen LogP contribution in [0.5, 0.6) is 0 Å². The molecule has 478 valence electrons. The van der Waals surface area contributed by atoms with Crippen molar-refractivity contribution in [1.29, 1.82) is 0 Å². The molecule has 8 fully saturated rings. The molecule has 84 heavy (non-hydrogen) atoms. The van der Waals surface area contributed by atoms with Crippen LogP contribution in [0.4, 0.5) is 26.3 Å². The van der Waals surface area contributed by atoms with Gasteiger partial charge in [-0.25, -0.2) is 9.59 Å². The van der Waals surface area contributed by atoms with Gasteiger partial charge in [0.05, 0.1) is 13.2 Å². The molecule has 2 aromatic rings. The molecule has 2 N–H and O–H groups in total. The van der Waals surface area contributed by atoms with Crippen molar-refractivity contribution in [1.82, 2.24) is 9.34 Å². The van der Waals surface area contributed by atoms with E-state index in [4.69, 9.17) is 28.8 Å². The van der Waals surface area contributed by atoms with Crippen molar-refractivity contribution < 1.29 is 94.1 Å². The van der Waals surface area contributed by atoms with Crippen LogP contribution in [-0.4, -0.2) is 114 Å². The van der Waals surface area contributed by atoms with Crippen molar-refractivity contribution in [3.8, 4) is 0 Å². The second kappa shape index (κ2) is 35.0. The maximum atomic E-state index is 10.6. The molecule has 10 aliphatic rings. The second-order valence-corrected chi connectivity index (χ2v) is 36.0. The molecular weight excluding hydrogens is 1340 g/mol. The van der Waals surface area contributed by atoms with Crippen molar-refractivity contribution in [3.63, 3.8) is 0 Å². The van der Waals surface area contributed by atoms with E-state index in [0.29, 0.717) is 12.1 Å². The van der Waals surface area contributed by atoms with Crippen LogP contribution >= 0.6 is 32.4 Å². The minimum atomic E-state index is -5.08. The van der Waals surface area contributed by atoms with Gasteiger partial charge in [0.15, 0.2) is 0 Å². The fraction of sp³-hybridized carbons (Fsp3) is 0.781. The van der Waals surface area contributed by atoms with Gasteiger partial charge in [0.25, 0.3) is 0 Å². The Morgan fingerprint density at radius 2 is 0.595 bits per heavy atom. The third-order valence-electron chi connectivity index (χ3n) is 20.1. The van der Waals surface area contributed by atoms with Crippen molar-refractivity contribution in [2.45, 2.75) is 301 Å². The van der Waals surface area contributed by atoms with Crippen molar-refractivity contribution in [2.75, 3.05) is 13.2 Å². The standard InChI is InChI=1S/2C30H47NOP2.2C2HF3O2.2Rh/c2*1-2-12-25-22-31(33(27-13-3-4-14-27)28-15-5-6-16-28)26(21-24(25)11-1)23-32-34(29-17-7-8-18-29)30-19-9-10-20-30;2*3-2(4,5)1(6)7;;/h2*1-2,11-12,26-30H,3-10,13-23H2;2*(H,6,7);;/t2*26-;;;;/m11..../s1. The number of nitrogens with zero attached hydrogens (tertiary/aromatic N) is 2. The van der Waals surface area contributed by atoms with Gasteiger partial charge in [-0.2, -0.15) is 26.3 Å². The van der Waals surface area contributed by atoms with Gasteiger partial charge in [-0.05, 0) is 177 Å². The largest absolute Gasteiger partial charge is 0.490 e. The van der Waals surface area contributed by atoms with Crippen LogP contribution in [0, 0.1) is 0 Å². The molecule has 8 aliphatic carbocycles. The van der Waals surface area contributed by atoms with Crippen LogP contribution in [0.3, 0.4) is 0 Å². The third-order valence-corrected chi connectivity index (χ3v) is 33.1. The fourth-order valence-corrected chi connectivity index (χ4v) is 30.4. The van der Waals surface area contributed by atoms with Crippen LogP contribution in [0.15, 0.2) is 48.5 Å². The Kier molecular flexibility index (Phi) is 29.7. The minimum Gasteiger partial charge on any atom is -0.475 e. The summed E-state index contributed by atoms with van der Waals surface area (Å²) in [5, 5.41) is 14.2. The maximum Gasteiger partial charge on any atom is 0.490 e. The quantitative estimate of drug-likeness (QED) is 0.0974. The topological polar surface area (TPSA) is 99.5 Å². The first-order chi connectivity index (χ1) is 39.6. The monoisotopic (exact) mass is 1430 g/mol. The van der Waals surface area contributed by atoms with E-state index in [1.807, 2.05) is 0 Å². The molecule has 2 heterocycles. The Morgan fingerprint density at radius 3 is 0.810 bits per heavy atom. The summed E-state index contributed by atoms with van der Waals surface area (Å²) >= 11 is 0. The Hall–Kier alpha value is -0.233. The van der Waals surface area contributed by atoms with E-state index < -0.39 is 24.3 Å². The normalized spacial score (nSPS) is 24.6. The Bertz CT molecular complexity index is 2050. The van der Waals surface area contributed by atoms with E-state index in [2.05, 4.69) is 57.9 Å². The van der Waals surface area contributed by atoms with E-state index in [1.165, 1.54) is 231 Å². The first-order valence-corrected chi connectivity index (χ1v) is 37.9. The second-order valence-electron chi connectivity index (χ2n) is 25.6. The molecule has 0 amide bonds. The SMILES string of the molecule is O=C(O)C(F)(F)F.O=C(O)C(F)(F)F.[Rh].[Rh].c1ccc2c(c1)C[C@H](COP(C1CCCC1)C1CCCC1)N(P(C1CCCC1)C1CCCC1)C2.c1ccc2c(c1)C[C@H](COP(C1CCCC1)C1CCCC1)N(P(C1CCCC1)C1CCCC1)C2. The smallest absolute Gasteiger partial charge is 0.475 e. The molecule has 0 spiro atoms. The first-order valence-electron chi connectivity index (χ1n) is 32.3. The summed E-state index contributed by atoms with van der Waals surface area (Å²) in [6, 6.07) is 20.0. The zero-order valence-corrected chi connectivity index (χ0v) is 56.3. The summed E-state index contributed by atoms with van der Waals surface area (Å²) in [5.41, 5.74) is 14.1. The van der Waals surface area contributed by atoms with Crippen molar-refractivity contribution in [2.24, 2.45) is 0 Å². The summed E-state index contributed by atoms with van der Waals surface area (Å²) < 4.78 is 84.1. The zero-order chi connectivity index (χ0) is 57.6. The van der Waals surface area contributed by atoms with Crippen LogP contribution in [0.1, 0.15) is 228 Å². The fourth-order valence-electron chi connectivity index (χ4n) is 16.1. The van der Waals surface area contributed by atoms with Crippen LogP contribution in [-0.2, 0) is 83.5 Å². The van der Waals surface area contributed by atoms with Crippen molar-refractivity contribution in [3.05, 3.63) is 70.8 Å². The molecule has 0 saturated heterocycles. The summed E-state index contributed by atoms with van der Waals surface area (Å²) in [6.45, 7) is 4.44. The maximum absolute atomic E-state index is 10.6. The predicted octanol–water partition coefficient (Wildman–Crippen LogP) is 19.2. The average molecular weight is 1430 g/mol. The molecule has 0 unspecified atom stereocenters. The number of halogens is 6. The van der Waals surface area contributed by atoms with Gasteiger partial charge in [0.2, 0.25) is 0 Å². The molecular formula is C64H96F6N2O6P4Rh2.